The average Bonchev–Trinajstić information content (AvgIpc) is 2.23. The van der Waals surface area contributed by atoms with Crippen LogP contribution in [-0.4, -0.2) is 20.2 Å². The number of hydrogen-bond acceptors (Lipinski definition) is 1. The van der Waals surface area contributed by atoms with E-state index < -0.39 is 8.07 Å². The molecule has 1 N–H and O–H groups in total. The molecule has 0 atom stereocenters. The smallest absolute Gasteiger partial charge is 0.0537 e. The fraction of sp³-hybridized carbons (Fsp3) is 1.00. The predicted octanol–water partition coefficient (Wildman–Crippen LogP) is 3.78. The molecule has 0 aliphatic carbocycles. The van der Waals surface area contributed by atoms with Crippen LogP contribution in [0.25, 0.3) is 0 Å². The van der Waals surface area contributed by atoms with Crippen LogP contribution in [0, 0.1) is 0 Å². The zero-order valence-electron chi connectivity index (χ0n) is 10.5. The van der Waals surface area contributed by atoms with Crippen molar-refractivity contribution in [2.75, 3.05) is 0 Å². The minimum atomic E-state index is -0.703. The molecule has 1 spiro atoms. The largest absolute Gasteiger partial charge is 0.312 e. The van der Waals surface area contributed by atoms with Crippen LogP contribution in [0.3, 0.4) is 0 Å². The van der Waals surface area contributed by atoms with Gasteiger partial charge in [0.15, 0.2) is 0 Å². The van der Waals surface area contributed by atoms with E-state index in [4.69, 9.17) is 0 Å². The summed E-state index contributed by atoms with van der Waals surface area (Å²) in [6, 6.07) is 8.14. The summed E-state index contributed by atoms with van der Waals surface area (Å²) in [4.78, 5) is 0. The van der Waals surface area contributed by atoms with Gasteiger partial charge in [-0.15, -0.1) is 0 Å². The van der Waals surface area contributed by atoms with Crippen LogP contribution < -0.4 is 5.32 Å². The fourth-order valence-corrected chi connectivity index (χ4v) is 9.09. The van der Waals surface area contributed by atoms with Gasteiger partial charge in [0.25, 0.3) is 0 Å². The van der Waals surface area contributed by atoms with Gasteiger partial charge in [-0.3, -0.25) is 0 Å². The van der Waals surface area contributed by atoms with E-state index in [0.717, 1.165) is 6.04 Å². The Bertz CT molecular complexity index is 187. The van der Waals surface area contributed by atoms with E-state index in [2.05, 4.69) is 19.2 Å². The van der Waals surface area contributed by atoms with Crippen molar-refractivity contribution in [2.45, 2.75) is 82.2 Å². The first-order valence-corrected chi connectivity index (χ1v) is 9.79. The van der Waals surface area contributed by atoms with E-state index in [1.54, 1.807) is 37.0 Å². The van der Waals surface area contributed by atoms with Gasteiger partial charge in [0.05, 0.1) is 8.07 Å². The normalized spacial score (nSPS) is 27.4. The molecular weight excluding hydrogens is 198 g/mol. The Morgan fingerprint density at radius 2 is 1.53 bits per heavy atom. The van der Waals surface area contributed by atoms with Crippen molar-refractivity contribution in [3.63, 3.8) is 0 Å². The zero-order valence-corrected chi connectivity index (χ0v) is 11.5. The second-order valence-corrected chi connectivity index (χ2v) is 11.2. The van der Waals surface area contributed by atoms with E-state index in [9.17, 15) is 0 Å². The van der Waals surface area contributed by atoms with Crippen molar-refractivity contribution >= 4 is 8.07 Å². The zero-order chi connectivity index (χ0) is 10.7. The van der Waals surface area contributed by atoms with Crippen LogP contribution in [0.15, 0.2) is 0 Å². The topological polar surface area (TPSA) is 12.0 Å². The molecule has 2 aliphatic rings. The standard InChI is InChI=1S/C13H27NSi/c1-12(2)14-13-6-10-15(11-7-13)8-4-3-5-9-15/h12-14H,3-11H2,1-2H3. The molecule has 15 heavy (non-hydrogen) atoms. The van der Waals surface area contributed by atoms with Crippen molar-refractivity contribution < 1.29 is 0 Å². The maximum atomic E-state index is 3.73. The third kappa shape index (κ3) is 3.07. The molecule has 0 aromatic heterocycles. The summed E-state index contributed by atoms with van der Waals surface area (Å²) in [6.45, 7) is 4.56. The first-order chi connectivity index (χ1) is 7.20. The quantitative estimate of drug-likeness (QED) is 0.705. The molecule has 0 aromatic rings. The maximum Gasteiger partial charge on any atom is 0.0537 e. The van der Waals surface area contributed by atoms with E-state index in [1.807, 2.05) is 0 Å². The molecule has 0 amide bonds. The van der Waals surface area contributed by atoms with Crippen LogP contribution in [0.4, 0.5) is 0 Å². The van der Waals surface area contributed by atoms with Gasteiger partial charge in [-0.2, -0.15) is 0 Å². The molecule has 2 heterocycles. The molecule has 2 aliphatic heterocycles. The Labute approximate surface area is 96.0 Å². The van der Waals surface area contributed by atoms with Gasteiger partial charge in [-0.05, 0) is 12.8 Å². The summed E-state index contributed by atoms with van der Waals surface area (Å²) in [5, 5.41) is 3.73. The molecule has 2 saturated heterocycles. The molecular formula is C13H27NSi. The molecule has 0 saturated carbocycles. The highest BCUT2D eigenvalue weighted by molar-refractivity contribution is 6.80. The fourth-order valence-electron chi connectivity index (χ4n) is 3.67. The summed E-state index contributed by atoms with van der Waals surface area (Å²) < 4.78 is 0. The Balaban J connectivity index is 1.80. The molecule has 1 nitrogen and oxygen atoms in total. The number of rotatable bonds is 2. The van der Waals surface area contributed by atoms with Gasteiger partial charge in [-0.25, -0.2) is 0 Å². The SMILES string of the molecule is CC(C)NC1CC[Si]2(CCCCC2)CC1. The Morgan fingerprint density at radius 3 is 2.07 bits per heavy atom. The molecule has 88 valence electrons. The molecule has 0 bridgehead atoms. The average molecular weight is 225 g/mol. The highest BCUT2D eigenvalue weighted by Gasteiger charge is 2.37. The van der Waals surface area contributed by atoms with E-state index in [0.29, 0.717) is 6.04 Å². The van der Waals surface area contributed by atoms with Crippen LogP contribution in [0.5, 0.6) is 0 Å². The van der Waals surface area contributed by atoms with E-state index in [1.165, 1.54) is 19.3 Å². The number of hydrogen-bond donors (Lipinski definition) is 1. The Morgan fingerprint density at radius 1 is 0.933 bits per heavy atom. The van der Waals surface area contributed by atoms with Crippen LogP contribution >= 0.6 is 0 Å². The van der Waals surface area contributed by atoms with Crippen LogP contribution in [0.1, 0.15) is 46.0 Å². The summed E-state index contributed by atoms with van der Waals surface area (Å²) in [6.07, 6.45) is 7.64. The summed E-state index contributed by atoms with van der Waals surface area (Å²) >= 11 is 0. The second-order valence-electron chi connectivity index (χ2n) is 6.16. The predicted molar refractivity (Wildman–Crippen MR) is 70.1 cm³/mol. The lowest BCUT2D eigenvalue weighted by Crippen LogP contribution is -2.46. The molecule has 0 aromatic carbocycles. The van der Waals surface area contributed by atoms with E-state index >= 15 is 0 Å². The summed E-state index contributed by atoms with van der Waals surface area (Å²) in [7, 11) is -0.703. The van der Waals surface area contributed by atoms with Crippen LogP contribution in [-0.2, 0) is 0 Å². The van der Waals surface area contributed by atoms with Crippen molar-refractivity contribution in [1.29, 1.82) is 0 Å². The third-order valence-corrected chi connectivity index (χ3v) is 10.1. The van der Waals surface area contributed by atoms with Gasteiger partial charge >= 0.3 is 0 Å². The summed E-state index contributed by atoms with van der Waals surface area (Å²) in [5.41, 5.74) is 0. The minimum absolute atomic E-state index is 0.678. The second kappa shape index (κ2) is 5.01. The first kappa shape index (κ1) is 11.7. The molecule has 0 unspecified atom stereocenters. The van der Waals surface area contributed by atoms with Crippen molar-refractivity contribution in [1.82, 2.24) is 5.32 Å². The number of nitrogens with one attached hydrogen (secondary N) is 1. The molecule has 2 fully saturated rings. The highest BCUT2D eigenvalue weighted by Crippen LogP contribution is 2.40. The minimum Gasteiger partial charge on any atom is -0.312 e. The molecule has 2 rings (SSSR count). The monoisotopic (exact) mass is 225 g/mol. The van der Waals surface area contributed by atoms with Gasteiger partial charge in [-0.1, -0.05) is 57.3 Å². The van der Waals surface area contributed by atoms with Crippen LogP contribution in [0.2, 0.25) is 24.2 Å². The van der Waals surface area contributed by atoms with Gasteiger partial charge < -0.3 is 5.32 Å². The van der Waals surface area contributed by atoms with Gasteiger partial charge in [0, 0.05) is 12.1 Å². The Kier molecular flexibility index (Phi) is 3.89. The maximum absolute atomic E-state index is 3.73. The van der Waals surface area contributed by atoms with Crippen molar-refractivity contribution in [3.05, 3.63) is 0 Å². The Hall–Kier alpha value is 0.177. The first-order valence-electron chi connectivity index (χ1n) is 6.96. The van der Waals surface area contributed by atoms with Gasteiger partial charge in [0.2, 0.25) is 0 Å². The van der Waals surface area contributed by atoms with E-state index in [-0.39, 0.29) is 0 Å². The highest BCUT2D eigenvalue weighted by atomic mass is 28.3. The third-order valence-electron chi connectivity index (χ3n) is 4.53. The van der Waals surface area contributed by atoms with Crippen molar-refractivity contribution in [3.8, 4) is 0 Å². The lowest BCUT2D eigenvalue weighted by atomic mass is 10.1. The lowest BCUT2D eigenvalue weighted by molar-refractivity contribution is 0.422. The van der Waals surface area contributed by atoms with Gasteiger partial charge in [0.1, 0.15) is 0 Å². The lowest BCUT2D eigenvalue weighted by Gasteiger charge is -2.42. The van der Waals surface area contributed by atoms with Crippen molar-refractivity contribution in [2.24, 2.45) is 0 Å². The summed E-state index contributed by atoms with van der Waals surface area (Å²) in [5.74, 6) is 0. The molecule has 0 radical (unpaired) electrons. The molecule has 2 heteroatoms.